The van der Waals surface area contributed by atoms with Crippen LogP contribution in [0.3, 0.4) is 0 Å². The number of hydrogen-bond donors (Lipinski definition) is 2. The van der Waals surface area contributed by atoms with Crippen LogP contribution in [0.5, 0.6) is 0 Å². The minimum Gasteiger partial charge on any atom is -0.376 e. The number of benzene rings is 1. The molecule has 5 heteroatoms. The van der Waals surface area contributed by atoms with Gasteiger partial charge < -0.3 is 10.6 Å². The normalized spacial score (nSPS) is 17.9. The first-order valence-corrected chi connectivity index (χ1v) is 7.07. The second-order valence-corrected chi connectivity index (χ2v) is 5.57. The fourth-order valence-electron chi connectivity index (χ4n) is 1.83. The Kier molecular flexibility index (Phi) is 6.98. The summed E-state index contributed by atoms with van der Waals surface area (Å²) in [7, 11) is 0. The maximum Gasteiger partial charge on any atom is 0.239 e. The van der Waals surface area contributed by atoms with Crippen molar-refractivity contribution in [3.05, 3.63) is 30.3 Å². The number of rotatable bonds is 5. The molecule has 3 nitrogen and oxygen atoms in total. The molecule has 1 atom stereocenters. The molecule has 1 aromatic rings. The zero-order valence-corrected chi connectivity index (χ0v) is 11.9. The Bertz CT molecular complexity index is 355. The van der Waals surface area contributed by atoms with Gasteiger partial charge in [0.25, 0.3) is 0 Å². The summed E-state index contributed by atoms with van der Waals surface area (Å²) < 4.78 is 0. The maximum atomic E-state index is 11.6. The van der Waals surface area contributed by atoms with Crippen molar-refractivity contribution in [1.29, 1.82) is 0 Å². The summed E-state index contributed by atoms with van der Waals surface area (Å²) in [6, 6.07) is 9.79. The lowest BCUT2D eigenvalue weighted by molar-refractivity contribution is -0.119. The van der Waals surface area contributed by atoms with E-state index in [0.717, 1.165) is 12.2 Å². The molecular formula is C13H19ClN2OS. The van der Waals surface area contributed by atoms with Gasteiger partial charge in [-0.05, 0) is 30.7 Å². The summed E-state index contributed by atoms with van der Waals surface area (Å²) in [6.45, 7) is 1.15. The van der Waals surface area contributed by atoms with Gasteiger partial charge in [-0.2, -0.15) is 11.8 Å². The van der Waals surface area contributed by atoms with E-state index in [1.807, 2.05) is 42.1 Å². The first-order chi connectivity index (χ1) is 8.34. The van der Waals surface area contributed by atoms with Gasteiger partial charge in [-0.1, -0.05) is 18.2 Å². The molecule has 1 aliphatic rings. The third-order valence-corrected chi connectivity index (χ3v) is 4.18. The van der Waals surface area contributed by atoms with Crippen LogP contribution in [-0.2, 0) is 4.79 Å². The van der Waals surface area contributed by atoms with Crippen LogP contribution in [0.2, 0.25) is 0 Å². The highest BCUT2D eigenvalue weighted by Crippen LogP contribution is 2.25. The van der Waals surface area contributed by atoms with E-state index in [0.29, 0.717) is 11.8 Å². The minimum atomic E-state index is 0. The molecule has 2 rings (SSSR count). The average molecular weight is 287 g/mol. The molecular weight excluding hydrogens is 268 g/mol. The van der Waals surface area contributed by atoms with Crippen LogP contribution in [-0.4, -0.2) is 30.0 Å². The average Bonchev–Trinajstić information content (AvgIpc) is 2.88. The summed E-state index contributed by atoms with van der Waals surface area (Å²) in [5.41, 5.74) is 0.984. The zero-order chi connectivity index (χ0) is 11.9. The van der Waals surface area contributed by atoms with E-state index in [-0.39, 0.29) is 18.3 Å². The third kappa shape index (κ3) is 5.19. The molecule has 0 aromatic heterocycles. The third-order valence-electron chi connectivity index (χ3n) is 2.78. The van der Waals surface area contributed by atoms with Crippen molar-refractivity contribution in [2.24, 2.45) is 0 Å². The number of anilines is 1. The van der Waals surface area contributed by atoms with Gasteiger partial charge in [-0.25, -0.2) is 0 Å². The summed E-state index contributed by atoms with van der Waals surface area (Å²) in [5.74, 6) is 1.31. The highest BCUT2D eigenvalue weighted by Gasteiger charge is 2.15. The largest absolute Gasteiger partial charge is 0.376 e. The van der Waals surface area contributed by atoms with Gasteiger partial charge in [-0.15, -0.1) is 12.4 Å². The highest BCUT2D eigenvalue weighted by atomic mass is 35.5. The molecule has 1 fully saturated rings. The molecule has 1 amide bonds. The summed E-state index contributed by atoms with van der Waals surface area (Å²) in [4.78, 5) is 11.6. The Morgan fingerprint density at radius 2 is 2.11 bits per heavy atom. The fourth-order valence-corrected chi connectivity index (χ4v) is 3.04. The number of halogens is 1. The molecule has 18 heavy (non-hydrogen) atoms. The molecule has 1 saturated heterocycles. The van der Waals surface area contributed by atoms with E-state index < -0.39 is 0 Å². The monoisotopic (exact) mass is 286 g/mol. The zero-order valence-electron chi connectivity index (χ0n) is 10.2. The van der Waals surface area contributed by atoms with Crippen LogP contribution in [0.1, 0.15) is 12.8 Å². The number of carbonyl (C=O) groups is 1. The molecule has 100 valence electrons. The number of nitrogens with one attached hydrogen (secondary N) is 2. The number of carbonyl (C=O) groups excluding carboxylic acids is 1. The predicted molar refractivity (Wildman–Crippen MR) is 80.7 cm³/mol. The van der Waals surface area contributed by atoms with E-state index in [9.17, 15) is 4.79 Å². The molecule has 1 heterocycles. The van der Waals surface area contributed by atoms with Crippen LogP contribution >= 0.6 is 24.2 Å². The van der Waals surface area contributed by atoms with Crippen molar-refractivity contribution in [3.8, 4) is 0 Å². The lowest BCUT2D eigenvalue weighted by Gasteiger charge is -2.11. The van der Waals surface area contributed by atoms with Gasteiger partial charge >= 0.3 is 0 Å². The maximum absolute atomic E-state index is 11.6. The Morgan fingerprint density at radius 3 is 2.78 bits per heavy atom. The number of amides is 1. The lowest BCUT2D eigenvalue weighted by Crippen LogP contribution is -2.34. The standard InChI is InChI=1S/C13H18N2OS.ClH/c16-13(15-9-12-7-4-8-17-12)10-14-11-5-2-1-3-6-11;/h1-3,5-6,12,14H,4,7-10H2,(H,15,16);1H. The topological polar surface area (TPSA) is 41.1 Å². The highest BCUT2D eigenvalue weighted by molar-refractivity contribution is 8.00. The number of hydrogen-bond acceptors (Lipinski definition) is 3. The van der Waals surface area contributed by atoms with E-state index in [2.05, 4.69) is 10.6 Å². The van der Waals surface area contributed by atoms with E-state index in [1.54, 1.807) is 0 Å². The van der Waals surface area contributed by atoms with Crippen LogP contribution in [0.15, 0.2) is 30.3 Å². The Balaban J connectivity index is 0.00000162. The first kappa shape index (κ1) is 15.2. The van der Waals surface area contributed by atoms with E-state index >= 15 is 0 Å². The number of thioether (sulfide) groups is 1. The van der Waals surface area contributed by atoms with Gasteiger partial charge in [0.15, 0.2) is 0 Å². The van der Waals surface area contributed by atoms with Crippen molar-refractivity contribution in [2.45, 2.75) is 18.1 Å². The summed E-state index contributed by atoms with van der Waals surface area (Å²) in [5, 5.41) is 6.69. The Hall–Kier alpha value is -0.870. The fraction of sp³-hybridized carbons (Fsp3) is 0.462. The van der Waals surface area contributed by atoms with Crippen molar-refractivity contribution < 1.29 is 4.79 Å². The van der Waals surface area contributed by atoms with Crippen molar-refractivity contribution in [3.63, 3.8) is 0 Å². The smallest absolute Gasteiger partial charge is 0.239 e. The van der Waals surface area contributed by atoms with Crippen LogP contribution in [0, 0.1) is 0 Å². The lowest BCUT2D eigenvalue weighted by atomic mass is 10.2. The van der Waals surface area contributed by atoms with Gasteiger partial charge in [-0.3, -0.25) is 4.79 Å². The van der Waals surface area contributed by atoms with Gasteiger partial charge in [0, 0.05) is 17.5 Å². The summed E-state index contributed by atoms with van der Waals surface area (Å²) in [6.07, 6.45) is 2.52. The molecule has 0 spiro atoms. The molecule has 0 bridgehead atoms. The van der Waals surface area contributed by atoms with Crippen molar-refractivity contribution in [1.82, 2.24) is 5.32 Å². The van der Waals surface area contributed by atoms with E-state index in [4.69, 9.17) is 0 Å². The van der Waals surface area contributed by atoms with Gasteiger partial charge in [0.2, 0.25) is 5.91 Å². The molecule has 1 aliphatic heterocycles. The molecule has 0 saturated carbocycles. The molecule has 0 radical (unpaired) electrons. The van der Waals surface area contributed by atoms with Crippen LogP contribution in [0.4, 0.5) is 5.69 Å². The van der Waals surface area contributed by atoms with Crippen molar-refractivity contribution >= 4 is 35.8 Å². The van der Waals surface area contributed by atoms with Crippen molar-refractivity contribution in [2.75, 3.05) is 24.2 Å². The molecule has 2 N–H and O–H groups in total. The molecule has 1 aromatic carbocycles. The Morgan fingerprint density at radius 1 is 1.33 bits per heavy atom. The van der Waals surface area contributed by atoms with Crippen LogP contribution in [0.25, 0.3) is 0 Å². The second kappa shape index (κ2) is 8.27. The van der Waals surface area contributed by atoms with E-state index in [1.165, 1.54) is 18.6 Å². The SMILES string of the molecule is Cl.O=C(CNc1ccccc1)NCC1CCCS1. The van der Waals surface area contributed by atoms with Gasteiger partial charge in [0.05, 0.1) is 6.54 Å². The minimum absolute atomic E-state index is 0. The first-order valence-electron chi connectivity index (χ1n) is 6.02. The predicted octanol–water partition coefficient (Wildman–Crippen LogP) is 2.53. The van der Waals surface area contributed by atoms with Crippen LogP contribution < -0.4 is 10.6 Å². The quantitative estimate of drug-likeness (QED) is 0.874. The summed E-state index contributed by atoms with van der Waals surface area (Å²) >= 11 is 1.96. The Labute approximate surface area is 119 Å². The molecule has 0 aliphatic carbocycles. The number of para-hydroxylation sites is 1. The second-order valence-electron chi connectivity index (χ2n) is 4.16. The molecule has 1 unspecified atom stereocenters. The van der Waals surface area contributed by atoms with Gasteiger partial charge in [0.1, 0.15) is 0 Å².